The minimum Gasteiger partial charge on any atom is -0.484 e. The van der Waals surface area contributed by atoms with Gasteiger partial charge in [-0.25, -0.2) is 9.78 Å². The Morgan fingerprint density at radius 1 is 1.46 bits per heavy atom. The van der Waals surface area contributed by atoms with Gasteiger partial charge in [-0.1, -0.05) is 6.08 Å². The van der Waals surface area contributed by atoms with Gasteiger partial charge in [0.2, 0.25) is 5.43 Å². The molecule has 4 heterocycles. The monoisotopic (exact) mass is 383 g/mol. The van der Waals surface area contributed by atoms with Gasteiger partial charge in [0.15, 0.2) is 11.6 Å². The van der Waals surface area contributed by atoms with Crippen LogP contribution in [0.5, 0.6) is 5.75 Å². The molecule has 0 amide bonds. The molecule has 0 spiro atoms. The second-order valence-corrected chi connectivity index (χ2v) is 8.48. The summed E-state index contributed by atoms with van der Waals surface area (Å²) in [7, 11) is 0. The number of nitrogens with zero attached hydrogens (tertiary/aromatic N) is 3. The number of fused-ring (bicyclic) bond motifs is 4. The van der Waals surface area contributed by atoms with E-state index in [-0.39, 0.29) is 23.1 Å². The Hall–Kier alpha value is -2.83. The van der Waals surface area contributed by atoms with Crippen molar-refractivity contribution in [1.29, 1.82) is 0 Å². The SMILES string of the molecule is C=CC[C@H]1Oc2cc3c(=O)c(C(=O)O)cn(C(C)(C)C)c3nc2N2CCC[C@@H]12. The molecule has 28 heavy (non-hydrogen) atoms. The lowest BCUT2D eigenvalue weighted by Crippen LogP contribution is -2.46. The molecule has 7 heteroatoms. The van der Waals surface area contributed by atoms with Crippen LogP contribution in [0.3, 0.4) is 0 Å². The highest BCUT2D eigenvalue weighted by Gasteiger charge is 2.40. The third kappa shape index (κ3) is 2.77. The molecule has 0 radical (unpaired) electrons. The van der Waals surface area contributed by atoms with Gasteiger partial charge in [0.25, 0.3) is 0 Å². The van der Waals surface area contributed by atoms with Crippen molar-refractivity contribution >= 4 is 22.8 Å². The first kappa shape index (κ1) is 18.5. The van der Waals surface area contributed by atoms with Gasteiger partial charge in [-0.15, -0.1) is 6.58 Å². The van der Waals surface area contributed by atoms with E-state index in [1.807, 2.05) is 26.8 Å². The van der Waals surface area contributed by atoms with Crippen molar-refractivity contribution in [2.24, 2.45) is 0 Å². The molecular formula is C21H25N3O4. The summed E-state index contributed by atoms with van der Waals surface area (Å²) in [6.07, 6.45) is 6.00. The fourth-order valence-electron chi connectivity index (χ4n) is 4.23. The molecular weight excluding hydrogens is 358 g/mol. The molecule has 7 nitrogen and oxygen atoms in total. The summed E-state index contributed by atoms with van der Waals surface area (Å²) in [5, 5.41) is 9.77. The average molecular weight is 383 g/mol. The zero-order valence-corrected chi connectivity index (χ0v) is 16.4. The Bertz CT molecular complexity index is 1030. The highest BCUT2D eigenvalue weighted by atomic mass is 16.5. The Balaban J connectivity index is 2.01. The minimum absolute atomic E-state index is 0.0424. The minimum atomic E-state index is -1.24. The summed E-state index contributed by atoms with van der Waals surface area (Å²) < 4.78 is 7.98. The van der Waals surface area contributed by atoms with Crippen LogP contribution in [0.2, 0.25) is 0 Å². The van der Waals surface area contributed by atoms with Crippen LogP contribution in [0.4, 0.5) is 5.82 Å². The lowest BCUT2D eigenvalue weighted by Gasteiger charge is -2.38. The van der Waals surface area contributed by atoms with Gasteiger partial charge in [0.05, 0.1) is 11.4 Å². The van der Waals surface area contributed by atoms with Crippen LogP contribution < -0.4 is 15.1 Å². The van der Waals surface area contributed by atoms with E-state index in [4.69, 9.17) is 9.72 Å². The molecule has 0 aliphatic carbocycles. The van der Waals surface area contributed by atoms with E-state index in [1.54, 1.807) is 10.6 Å². The number of rotatable bonds is 3. The summed E-state index contributed by atoms with van der Waals surface area (Å²) in [5.74, 6) is 0.0288. The van der Waals surface area contributed by atoms with E-state index in [2.05, 4.69) is 11.5 Å². The van der Waals surface area contributed by atoms with Gasteiger partial charge >= 0.3 is 5.97 Å². The van der Waals surface area contributed by atoms with E-state index in [0.717, 1.165) is 25.2 Å². The summed E-state index contributed by atoms with van der Waals surface area (Å²) in [5.41, 5.74) is -0.757. The second kappa shape index (κ2) is 6.36. The summed E-state index contributed by atoms with van der Waals surface area (Å²) in [6.45, 7) is 10.6. The van der Waals surface area contributed by atoms with Crippen molar-refractivity contribution in [3.8, 4) is 5.75 Å². The maximum absolute atomic E-state index is 12.9. The van der Waals surface area contributed by atoms with Crippen LogP contribution in [0.15, 0.2) is 29.7 Å². The summed E-state index contributed by atoms with van der Waals surface area (Å²) in [4.78, 5) is 31.6. The van der Waals surface area contributed by atoms with Gasteiger partial charge in [-0.3, -0.25) is 4.79 Å². The van der Waals surface area contributed by atoms with Gasteiger partial charge < -0.3 is 19.3 Å². The van der Waals surface area contributed by atoms with Crippen molar-refractivity contribution in [3.63, 3.8) is 0 Å². The Labute approximate surface area is 163 Å². The fraction of sp³-hybridized carbons (Fsp3) is 0.476. The molecule has 2 aliphatic heterocycles. The largest absolute Gasteiger partial charge is 0.484 e. The Kier molecular flexibility index (Phi) is 4.21. The van der Waals surface area contributed by atoms with Crippen molar-refractivity contribution in [2.45, 2.75) is 57.7 Å². The van der Waals surface area contributed by atoms with Crippen molar-refractivity contribution in [2.75, 3.05) is 11.4 Å². The third-order valence-corrected chi connectivity index (χ3v) is 5.56. The first-order valence-corrected chi connectivity index (χ1v) is 9.60. The molecule has 1 saturated heterocycles. The molecule has 2 aliphatic rings. The van der Waals surface area contributed by atoms with Gasteiger partial charge in [0, 0.05) is 24.7 Å². The number of aromatic nitrogens is 2. The zero-order chi connectivity index (χ0) is 20.2. The number of hydrogen-bond acceptors (Lipinski definition) is 5. The smallest absolute Gasteiger partial charge is 0.341 e. The molecule has 0 bridgehead atoms. The van der Waals surface area contributed by atoms with E-state index < -0.39 is 16.9 Å². The van der Waals surface area contributed by atoms with Crippen LogP contribution in [0.25, 0.3) is 11.0 Å². The molecule has 0 saturated carbocycles. The number of anilines is 1. The zero-order valence-electron chi connectivity index (χ0n) is 16.4. The number of ether oxygens (including phenoxy) is 1. The maximum atomic E-state index is 12.9. The van der Waals surface area contributed by atoms with Gasteiger partial charge in [0.1, 0.15) is 17.3 Å². The molecule has 1 N–H and O–H groups in total. The topological polar surface area (TPSA) is 84.7 Å². The lowest BCUT2D eigenvalue weighted by molar-refractivity contribution is 0.0694. The quantitative estimate of drug-likeness (QED) is 0.820. The maximum Gasteiger partial charge on any atom is 0.341 e. The second-order valence-electron chi connectivity index (χ2n) is 8.48. The van der Waals surface area contributed by atoms with Crippen LogP contribution in [0.1, 0.15) is 50.4 Å². The molecule has 2 atom stereocenters. The summed E-state index contributed by atoms with van der Waals surface area (Å²) >= 11 is 0. The highest BCUT2D eigenvalue weighted by Crippen LogP contribution is 2.41. The molecule has 2 aromatic heterocycles. The third-order valence-electron chi connectivity index (χ3n) is 5.56. The van der Waals surface area contributed by atoms with E-state index in [1.165, 1.54) is 6.20 Å². The number of carbonyl (C=O) groups is 1. The number of pyridine rings is 2. The standard InChI is InChI=1S/C21H25N3O4/c1-5-7-15-14-8-6-9-23(14)19-16(28-15)10-12-17(25)13(20(26)27)11-24(18(12)22-19)21(2,3)4/h5,10-11,14-15H,1,6-9H2,2-4H3,(H,26,27)/t14-,15+/m0/s1. The van der Waals surface area contributed by atoms with Gasteiger partial charge in [-0.05, 0) is 39.7 Å². The van der Waals surface area contributed by atoms with E-state index in [9.17, 15) is 14.7 Å². The normalized spacial score (nSPS) is 21.2. The van der Waals surface area contributed by atoms with Crippen molar-refractivity contribution in [1.82, 2.24) is 9.55 Å². The summed E-state index contributed by atoms with van der Waals surface area (Å²) in [6, 6.07) is 1.91. The molecule has 0 unspecified atom stereocenters. The van der Waals surface area contributed by atoms with Crippen LogP contribution in [-0.2, 0) is 5.54 Å². The molecule has 1 fully saturated rings. The molecule has 148 valence electrons. The number of aromatic carboxylic acids is 1. The molecule has 2 aromatic rings. The molecule has 0 aromatic carbocycles. The molecule has 4 rings (SSSR count). The number of carboxylic acid groups (broad SMARTS) is 1. The fourth-order valence-corrected chi connectivity index (χ4v) is 4.23. The Morgan fingerprint density at radius 3 is 2.86 bits per heavy atom. The predicted octanol–water partition coefficient (Wildman–Crippen LogP) is 3.16. The predicted molar refractivity (Wildman–Crippen MR) is 108 cm³/mol. The first-order valence-electron chi connectivity index (χ1n) is 9.60. The van der Waals surface area contributed by atoms with E-state index in [0.29, 0.717) is 17.8 Å². The number of hydrogen-bond donors (Lipinski definition) is 1. The highest BCUT2D eigenvalue weighted by molar-refractivity contribution is 5.92. The number of carboxylic acids is 1. The van der Waals surface area contributed by atoms with Crippen molar-refractivity contribution in [3.05, 3.63) is 40.7 Å². The lowest BCUT2D eigenvalue weighted by atomic mass is 10.0. The average Bonchev–Trinajstić information content (AvgIpc) is 3.10. The van der Waals surface area contributed by atoms with Crippen LogP contribution in [-0.4, -0.2) is 39.3 Å². The first-order chi connectivity index (χ1) is 13.2. The van der Waals surface area contributed by atoms with Crippen LogP contribution in [0, 0.1) is 0 Å². The Morgan fingerprint density at radius 2 is 2.21 bits per heavy atom. The van der Waals surface area contributed by atoms with E-state index >= 15 is 0 Å². The van der Waals surface area contributed by atoms with Gasteiger partial charge in [-0.2, -0.15) is 0 Å². The van der Waals surface area contributed by atoms with Crippen molar-refractivity contribution < 1.29 is 14.6 Å². The van der Waals surface area contributed by atoms with Crippen LogP contribution >= 0.6 is 0 Å².